The minimum Gasteiger partial charge on any atom is -0.351 e. The minimum absolute atomic E-state index is 0.596. The fraction of sp³-hybridized carbons (Fsp3) is 0. The lowest BCUT2D eigenvalue weighted by Crippen LogP contribution is -1.84. The third-order valence-electron chi connectivity index (χ3n) is 1.05. The first kappa shape index (κ1) is 7.63. The van der Waals surface area contributed by atoms with Crippen LogP contribution in [0.3, 0.4) is 0 Å². The van der Waals surface area contributed by atoms with Crippen molar-refractivity contribution in [2.75, 3.05) is 0 Å². The van der Waals surface area contributed by atoms with E-state index >= 15 is 0 Å². The zero-order chi connectivity index (χ0) is 7.56. The molecule has 0 unspecified atom stereocenters. The Morgan fingerprint density at radius 1 is 1.70 bits per heavy atom. The van der Waals surface area contributed by atoms with Crippen molar-refractivity contribution < 1.29 is 0 Å². The average Bonchev–Trinajstić information content (AvgIpc) is 1.94. The molecule has 0 bridgehead atoms. The van der Waals surface area contributed by atoms with Crippen LogP contribution in [-0.4, -0.2) is 11.2 Å². The number of halogens is 1. The van der Waals surface area contributed by atoms with Gasteiger partial charge in [-0.1, -0.05) is 12.2 Å². The summed E-state index contributed by atoms with van der Waals surface area (Å²) in [5, 5.41) is 6.95. The Balaban J connectivity index is 3.35. The van der Waals surface area contributed by atoms with Crippen LogP contribution in [0.1, 0.15) is 5.56 Å². The van der Waals surface area contributed by atoms with E-state index in [1.165, 1.54) is 6.21 Å². The van der Waals surface area contributed by atoms with Crippen LogP contribution in [0.15, 0.2) is 16.7 Å². The molecular weight excluding hydrogens is 212 g/mol. The van der Waals surface area contributed by atoms with Gasteiger partial charge in [-0.2, -0.15) is 0 Å². The number of rotatable bonds is 1. The number of hydrogen-bond acceptors (Lipinski definition) is 2. The lowest BCUT2D eigenvalue weighted by atomic mass is 10.3. The van der Waals surface area contributed by atoms with Crippen molar-refractivity contribution in [3.63, 3.8) is 0 Å². The Hall–Kier alpha value is -0.480. The van der Waals surface area contributed by atoms with Gasteiger partial charge < -0.3 is 10.4 Å². The number of aromatic amines is 1. The third-order valence-corrected chi connectivity index (χ3v) is 1.86. The van der Waals surface area contributed by atoms with Gasteiger partial charge in [-0.15, -0.1) is 0 Å². The second kappa shape index (κ2) is 3.07. The molecule has 1 heterocycles. The van der Waals surface area contributed by atoms with Crippen LogP contribution in [0.25, 0.3) is 0 Å². The number of H-pyrrole nitrogens is 1. The van der Waals surface area contributed by atoms with E-state index in [0.29, 0.717) is 4.64 Å². The van der Waals surface area contributed by atoms with Crippen molar-refractivity contribution in [1.82, 2.24) is 4.98 Å². The van der Waals surface area contributed by atoms with Gasteiger partial charge >= 0.3 is 0 Å². The Morgan fingerprint density at radius 2 is 2.40 bits per heavy atom. The predicted octanol–water partition coefficient (Wildman–Crippen LogP) is 2.50. The summed E-state index contributed by atoms with van der Waals surface area (Å²) in [6.07, 6.45) is 2.97. The maximum absolute atomic E-state index is 6.95. The summed E-state index contributed by atoms with van der Waals surface area (Å²) in [6, 6.07) is 1.80. The Labute approximate surface area is 71.9 Å². The van der Waals surface area contributed by atoms with E-state index < -0.39 is 0 Å². The molecule has 1 rings (SSSR count). The van der Waals surface area contributed by atoms with E-state index in [9.17, 15) is 0 Å². The summed E-state index contributed by atoms with van der Waals surface area (Å²) in [7, 11) is 0. The summed E-state index contributed by atoms with van der Waals surface area (Å²) in [5.41, 5.74) is 0.726. The monoisotopic (exact) mass is 216 g/mol. The highest BCUT2D eigenvalue weighted by Crippen LogP contribution is 2.08. The molecule has 10 heavy (non-hydrogen) atoms. The second-order valence-electron chi connectivity index (χ2n) is 1.75. The fourth-order valence-corrected chi connectivity index (χ4v) is 1.12. The quantitative estimate of drug-likeness (QED) is 0.550. The van der Waals surface area contributed by atoms with Crippen molar-refractivity contribution in [2.24, 2.45) is 0 Å². The minimum atomic E-state index is 0.596. The molecule has 2 N–H and O–H groups in total. The van der Waals surface area contributed by atoms with Crippen molar-refractivity contribution in [1.29, 1.82) is 5.41 Å². The van der Waals surface area contributed by atoms with Gasteiger partial charge in [0.25, 0.3) is 0 Å². The SMILES string of the molecule is N=Cc1cc(Br)c[nH]c1=S. The van der Waals surface area contributed by atoms with E-state index in [4.69, 9.17) is 17.6 Å². The highest BCUT2D eigenvalue weighted by atomic mass is 79.9. The topological polar surface area (TPSA) is 39.6 Å². The highest BCUT2D eigenvalue weighted by Gasteiger charge is 1.91. The van der Waals surface area contributed by atoms with Gasteiger partial charge in [0.15, 0.2) is 0 Å². The van der Waals surface area contributed by atoms with E-state index in [2.05, 4.69) is 20.9 Å². The Morgan fingerprint density at radius 3 is 2.90 bits per heavy atom. The maximum Gasteiger partial charge on any atom is 0.112 e. The number of hydrogen-bond donors (Lipinski definition) is 2. The van der Waals surface area contributed by atoms with Crippen molar-refractivity contribution >= 4 is 34.4 Å². The molecule has 0 aromatic carbocycles. The molecule has 0 saturated heterocycles. The Bertz CT molecular complexity index is 305. The molecule has 2 nitrogen and oxygen atoms in total. The van der Waals surface area contributed by atoms with E-state index in [1.54, 1.807) is 12.3 Å². The van der Waals surface area contributed by atoms with Crippen LogP contribution in [0.5, 0.6) is 0 Å². The average molecular weight is 217 g/mol. The smallest absolute Gasteiger partial charge is 0.112 e. The zero-order valence-electron chi connectivity index (χ0n) is 5.02. The largest absolute Gasteiger partial charge is 0.351 e. The van der Waals surface area contributed by atoms with Crippen LogP contribution in [0.4, 0.5) is 0 Å². The number of pyridine rings is 1. The molecule has 0 atom stereocenters. The standard InChI is InChI=1S/C6H5BrN2S/c7-5-1-4(2-8)6(10)9-3-5/h1-3,8H,(H,9,10). The first-order valence-corrected chi connectivity index (χ1v) is 3.83. The molecule has 52 valence electrons. The maximum atomic E-state index is 6.95. The van der Waals surface area contributed by atoms with Crippen LogP contribution < -0.4 is 0 Å². The molecule has 0 aliphatic rings. The van der Waals surface area contributed by atoms with Gasteiger partial charge in [0.05, 0.1) is 0 Å². The molecule has 1 aromatic heterocycles. The highest BCUT2D eigenvalue weighted by molar-refractivity contribution is 9.10. The van der Waals surface area contributed by atoms with Crippen molar-refractivity contribution in [3.8, 4) is 0 Å². The first-order valence-electron chi connectivity index (χ1n) is 2.63. The summed E-state index contributed by atoms with van der Waals surface area (Å²) >= 11 is 8.14. The molecule has 0 aliphatic carbocycles. The van der Waals surface area contributed by atoms with E-state index in [-0.39, 0.29) is 0 Å². The second-order valence-corrected chi connectivity index (χ2v) is 3.07. The van der Waals surface area contributed by atoms with Gasteiger partial charge in [0.1, 0.15) is 4.64 Å². The van der Waals surface area contributed by atoms with Gasteiger partial charge in [0, 0.05) is 22.4 Å². The molecular formula is C6H5BrN2S. The molecule has 4 heteroatoms. The number of aromatic nitrogens is 1. The Kier molecular flexibility index (Phi) is 2.34. The summed E-state index contributed by atoms with van der Waals surface area (Å²) < 4.78 is 1.50. The van der Waals surface area contributed by atoms with Crippen LogP contribution in [-0.2, 0) is 0 Å². The summed E-state index contributed by atoms with van der Waals surface area (Å²) in [4.78, 5) is 2.84. The molecule has 0 aliphatic heterocycles. The summed E-state index contributed by atoms with van der Waals surface area (Å²) in [5.74, 6) is 0. The van der Waals surface area contributed by atoms with Crippen LogP contribution >= 0.6 is 28.1 Å². The molecule has 0 fully saturated rings. The van der Waals surface area contributed by atoms with Gasteiger partial charge in [-0.25, -0.2) is 0 Å². The lowest BCUT2D eigenvalue weighted by molar-refractivity contribution is 1.27. The van der Waals surface area contributed by atoms with Crippen LogP contribution in [0, 0.1) is 10.0 Å². The predicted molar refractivity (Wildman–Crippen MR) is 47.2 cm³/mol. The van der Waals surface area contributed by atoms with E-state index in [1.807, 2.05) is 0 Å². The normalized spacial score (nSPS) is 9.30. The molecule has 0 spiro atoms. The van der Waals surface area contributed by atoms with Gasteiger partial charge in [0.2, 0.25) is 0 Å². The third kappa shape index (κ3) is 1.52. The van der Waals surface area contributed by atoms with Gasteiger partial charge in [-0.3, -0.25) is 0 Å². The fourth-order valence-electron chi connectivity index (χ4n) is 0.581. The van der Waals surface area contributed by atoms with Crippen LogP contribution in [0.2, 0.25) is 0 Å². The molecule has 0 radical (unpaired) electrons. The molecule has 1 aromatic rings. The number of nitrogens with one attached hydrogen (secondary N) is 2. The molecule has 0 amide bonds. The lowest BCUT2D eigenvalue weighted by Gasteiger charge is -1.92. The first-order chi connectivity index (χ1) is 4.74. The zero-order valence-corrected chi connectivity index (χ0v) is 7.42. The van der Waals surface area contributed by atoms with Crippen molar-refractivity contribution in [2.45, 2.75) is 0 Å². The summed E-state index contributed by atoms with van der Waals surface area (Å²) in [6.45, 7) is 0. The molecule has 0 saturated carbocycles. The van der Waals surface area contributed by atoms with E-state index in [0.717, 1.165) is 10.0 Å². The van der Waals surface area contributed by atoms with Gasteiger partial charge in [-0.05, 0) is 22.0 Å². The van der Waals surface area contributed by atoms with Crippen molar-refractivity contribution in [3.05, 3.63) is 26.9 Å².